The normalized spacial score (nSPS) is 28.8. The summed E-state index contributed by atoms with van der Waals surface area (Å²) in [7, 11) is 0. The van der Waals surface area contributed by atoms with Gasteiger partial charge in [-0.1, -0.05) is 5.57 Å². The number of nitrogens with zero attached hydrogens (tertiary/aromatic N) is 1. The Kier molecular flexibility index (Phi) is 4.96. The molecule has 0 spiro atoms. The number of rotatable bonds is 3. The minimum absolute atomic E-state index is 0.218. The molecule has 0 saturated heterocycles. The van der Waals surface area contributed by atoms with E-state index in [1.807, 2.05) is 20.1 Å². The number of ether oxygens (including phenoxy) is 1. The molecule has 0 aromatic carbocycles. The standard InChI is InChI=1S/C12H17NO2S2/c1-5-15-11(14)12(16-4)6-8(2)9(3)10(7-13)17-12/h10H,5-6H2,1-4H3. The average molecular weight is 271 g/mol. The van der Waals surface area contributed by atoms with Gasteiger partial charge in [0.25, 0.3) is 0 Å². The molecule has 0 saturated carbocycles. The largest absolute Gasteiger partial charge is 0.464 e. The zero-order valence-electron chi connectivity index (χ0n) is 10.6. The van der Waals surface area contributed by atoms with Crippen LogP contribution in [0.2, 0.25) is 0 Å². The van der Waals surface area contributed by atoms with Crippen LogP contribution in [0.5, 0.6) is 0 Å². The van der Waals surface area contributed by atoms with Crippen molar-refractivity contribution >= 4 is 29.5 Å². The quantitative estimate of drug-likeness (QED) is 0.583. The van der Waals surface area contributed by atoms with Crippen molar-refractivity contribution in [3.63, 3.8) is 0 Å². The lowest BCUT2D eigenvalue weighted by Gasteiger charge is -2.35. The maximum atomic E-state index is 12.1. The van der Waals surface area contributed by atoms with Gasteiger partial charge in [-0.25, -0.2) is 4.79 Å². The van der Waals surface area contributed by atoms with Gasteiger partial charge in [-0.15, -0.1) is 23.5 Å². The molecule has 0 aliphatic carbocycles. The summed E-state index contributed by atoms with van der Waals surface area (Å²) in [6, 6.07) is 2.25. The predicted octanol–water partition coefficient (Wildman–Crippen LogP) is 2.97. The first-order valence-electron chi connectivity index (χ1n) is 5.46. The summed E-state index contributed by atoms with van der Waals surface area (Å²) in [6.45, 7) is 6.13. The van der Waals surface area contributed by atoms with Crippen LogP contribution in [-0.2, 0) is 9.53 Å². The van der Waals surface area contributed by atoms with E-state index >= 15 is 0 Å². The third-order valence-corrected chi connectivity index (χ3v) is 6.05. The molecule has 0 N–H and O–H groups in total. The highest BCUT2D eigenvalue weighted by Crippen LogP contribution is 2.50. The van der Waals surface area contributed by atoms with Gasteiger partial charge in [0.15, 0.2) is 4.08 Å². The molecule has 2 unspecified atom stereocenters. The molecular weight excluding hydrogens is 254 g/mol. The molecule has 1 rings (SSSR count). The van der Waals surface area contributed by atoms with Crippen molar-refractivity contribution in [2.24, 2.45) is 0 Å². The van der Waals surface area contributed by atoms with Crippen molar-refractivity contribution in [1.29, 1.82) is 5.26 Å². The van der Waals surface area contributed by atoms with Crippen LogP contribution in [0.1, 0.15) is 27.2 Å². The number of hydrogen-bond donors (Lipinski definition) is 0. The zero-order valence-corrected chi connectivity index (χ0v) is 12.2. The van der Waals surface area contributed by atoms with Gasteiger partial charge in [-0.05, 0) is 32.6 Å². The lowest BCUT2D eigenvalue weighted by atomic mass is 10.0. The Bertz CT molecular complexity index is 386. The van der Waals surface area contributed by atoms with Gasteiger partial charge in [0, 0.05) is 6.42 Å². The van der Waals surface area contributed by atoms with E-state index in [1.165, 1.54) is 23.5 Å². The Labute approximate surface area is 111 Å². The van der Waals surface area contributed by atoms with E-state index < -0.39 is 4.08 Å². The van der Waals surface area contributed by atoms with Crippen LogP contribution in [-0.4, -0.2) is 28.2 Å². The average Bonchev–Trinajstić information content (AvgIpc) is 2.33. The van der Waals surface area contributed by atoms with Crippen molar-refractivity contribution in [3.8, 4) is 6.07 Å². The number of esters is 1. The lowest BCUT2D eigenvalue weighted by Crippen LogP contribution is -2.38. The molecule has 0 aromatic heterocycles. The summed E-state index contributed by atoms with van der Waals surface area (Å²) >= 11 is 2.88. The first-order valence-corrected chi connectivity index (χ1v) is 7.57. The molecule has 0 aromatic rings. The van der Waals surface area contributed by atoms with Crippen LogP contribution in [0.25, 0.3) is 0 Å². The molecule has 1 heterocycles. The minimum atomic E-state index is -0.653. The first kappa shape index (κ1) is 14.5. The van der Waals surface area contributed by atoms with Crippen molar-refractivity contribution in [3.05, 3.63) is 11.1 Å². The molecule has 0 amide bonds. The van der Waals surface area contributed by atoms with E-state index in [4.69, 9.17) is 10.00 Å². The lowest BCUT2D eigenvalue weighted by molar-refractivity contribution is -0.143. The van der Waals surface area contributed by atoms with E-state index in [0.717, 1.165) is 11.1 Å². The molecule has 5 heteroatoms. The van der Waals surface area contributed by atoms with Crippen molar-refractivity contribution in [2.75, 3.05) is 12.9 Å². The third kappa shape index (κ3) is 2.80. The first-order chi connectivity index (χ1) is 8.00. The summed E-state index contributed by atoms with van der Waals surface area (Å²) in [5.41, 5.74) is 2.20. The van der Waals surface area contributed by atoms with Gasteiger partial charge in [0.05, 0.1) is 12.7 Å². The summed E-state index contributed by atoms with van der Waals surface area (Å²) < 4.78 is 4.49. The maximum Gasteiger partial charge on any atom is 0.332 e. The van der Waals surface area contributed by atoms with Crippen molar-refractivity contribution < 1.29 is 9.53 Å². The van der Waals surface area contributed by atoms with E-state index in [0.29, 0.717) is 13.0 Å². The fraction of sp³-hybridized carbons (Fsp3) is 0.667. The number of allylic oxidation sites excluding steroid dienone is 1. The second kappa shape index (κ2) is 5.83. The number of carbonyl (C=O) groups excluding carboxylic acids is 1. The minimum Gasteiger partial charge on any atom is -0.464 e. The fourth-order valence-corrected chi connectivity index (χ4v) is 4.25. The van der Waals surface area contributed by atoms with Crippen LogP contribution in [0.3, 0.4) is 0 Å². The van der Waals surface area contributed by atoms with Crippen LogP contribution >= 0.6 is 23.5 Å². The molecule has 17 heavy (non-hydrogen) atoms. The smallest absolute Gasteiger partial charge is 0.332 e. The summed E-state index contributed by atoms with van der Waals surface area (Å²) in [6.07, 6.45) is 2.55. The van der Waals surface area contributed by atoms with Crippen molar-refractivity contribution in [1.82, 2.24) is 0 Å². The molecule has 1 aliphatic rings. The summed E-state index contributed by atoms with van der Waals surface area (Å²) in [5, 5.41) is 8.90. The Morgan fingerprint density at radius 3 is 2.82 bits per heavy atom. The highest BCUT2D eigenvalue weighted by Gasteiger charge is 2.46. The SMILES string of the molecule is CCOC(=O)C1(SC)CC(C)=C(C)C(C#N)S1. The Morgan fingerprint density at radius 1 is 1.71 bits per heavy atom. The molecule has 3 nitrogen and oxygen atoms in total. The summed E-state index contributed by atoms with van der Waals surface area (Å²) in [5.74, 6) is -0.218. The molecule has 0 bridgehead atoms. The van der Waals surface area contributed by atoms with Crippen molar-refractivity contribution in [2.45, 2.75) is 36.5 Å². The molecular formula is C12H17NO2S2. The second-order valence-corrected chi connectivity index (χ2v) is 6.71. The van der Waals surface area contributed by atoms with Gasteiger partial charge in [0.2, 0.25) is 0 Å². The number of carbonyl (C=O) groups is 1. The van der Waals surface area contributed by atoms with E-state index in [9.17, 15) is 4.79 Å². The highest BCUT2D eigenvalue weighted by atomic mass is 32.2. The predicted molar refractivity (Wildman–Crippen MR) is 72.9 cm³/mol. The molecule has 0 fully saturated rings. The molecule has 94 valence electrons. The van der Waals surface area contributed by atoms with Gasteiger partial charge in [0.1, 0.15) is 5.25 Å². The Balaban J connectivity index is 3.06. The van der Waals surface area contributed by atoms with Crippen LogP contribution in [0, 0.1) is 11.3 Å². The maximum absolute atomic E-state index is 12.1. The molecule has 0 radical (unpaired) electrons. The number of hydrogen-bond acceptors (Lipinski definition) is 5. The third-order valence-electron chi connectivity index (χ3n) is 2.91. The van der Waals surface area contributed by atoms with Crippen LogP contribution in [0.4, 0.5) is 0 Å². The van der Waals surface area contributed by atoms with Crippen LogP contribution < -0.4 is 0 Å². The monoisotopic (exact) mass is 271 g/mol. The number of thioether (sulfide) groups is 2. The van der Waals surface area contributed by atoms with E-state index in [2.05, 4.69) is 6.07 Å². The zero-order chi connectivity index (χ0) is 13.1. The van der Waals surface area contributed by atoms with E-state index in [-0.39, 0.29) is 11.2 Å². The molecule has 1 aliphatic heterocycles. The fourth-order valence-electron chi connectivity index (χ4n) is 1.72. The van der Waals surface area contributed by atoms with Gasteiger partial charge in [-0.3, -0.25) is 0 Å². The topological polar surface area (TPSA) is 50.1 Å². The Hall–Kier alpha value is -0.600. The van der Waals surface area contributed by atoms with Gasteiger partial charge in [-0.2, -0.15) is 5.26 Å². The number of nitriles is 1. The van der Waals surface area contributed by atoms with Crippen LogP contribution in [0.15, 0.2) is 11.1 Å². The van der Waals surface area contributed by atoms with E-state index in [1.54, 1.807) is 6.92 Å². The van der Waals surface area contributed by atoms with Gasteiger partial charge >= 0.3 is 5.97 Å². The van der Waals surface area contributed by atoms with Gasteiger partial charge < -0.3 is 4.74 Å². The Morgan fingerprint density at radius 2 is 2.35 bits per heavy atom. The highest BCUT2D eigenvalue weighted by molar-refractivity contribution is 8.19. The second-order valence-electron chi connectivity index (χ2n) is 3.94. The summed E-state index contributed by atoms with van der Waals surface area (Å²) in [4.78, 5) is 12.1. The molecule has 2 atom stereocenters.